The highest BCUT2D eigenvalue weighted by Crippen LogP contribution is 2.30. The minimum Gasteiger partial charge on any atom is -0.488 e. The summed E-state index contributed by atoms with van der Waals surface area (Å²) in [7, 11) is 0. The van der Waals surface area contributed by atoms with E-state index < -0.39 is 0 Å². The fraction of sp³-hybridized carbons (Fsp3) is 0.350. The zero-order chi connectivity index (χ0) is 19.8. The van der Waals surface area contributed by atoms with Gasteiger partial charge in [-0.15, -0.1) is 0 Å². The lowest BCUT2D eigenvalue weighted by Crippen LogP contribution is -2.43. The number of halogens is 1. The summed E-state index contributed by atoms with van der Waals surface area (Å²) < 4.78 is 21.7. The molecule has 1 amide bonds. The van der Waals surface area contributed by atoms with Gasteiger partial charge in [0, 0.05) is 11.8 Å². The Balaban J connectivity index is 1.85. The van der Waals surface area contributed by atoms with Gasteiger partial charge in [0.2, 0.25) is 0 Å². The summed E-state index contributed by atoms with van der Waals surface area (Å²) in [6.07, 6.45) is 3.64. The Kier molecular flexibility index (Phi) is 4.62. The van der Waals surface area contributed by atoms with Gasteiger partial charge in [-0.1, -0.05) is 6.92 Å². The van der Waals surface area contributed by atoms with Crippen molar-refractivity contribution in [3.63, 3.8) is 0 Å². The van der Waals surface area contributed by atoms with E-state index in [4.69, 9.17) is 4.74 Å². The van der Waals surface area contributed by atoms with Crippen LogP contribution in [-0.2, 0) is 0 Å². The number of carbonyl (C=O) groups excluding carboxylic acids is 1. The number of nitrogens with zero attached hydrogens (tertiary/aromatic N) is 3. The van der Waals surface area contributed by atoms with E-state index in [1.807, 2.05) is 20.8 Å². The Hall–Kier alpha value is -3.16. The van der Waals surface area contributed by atoms with Crippen molar-refractivity contribution < 1.29 is 13.9 Å². The summed E-state index contributed by atoms with van der Waals surface area (Å²) in [4.78, 5) is 17.3. The average molecular weight is 383 g/mol. The fourth-order valence-electron chi connectivity index (χ4n) is 3.45. The average Bonchev–Trinajstić information content (AvgIpc) is 3.09. The van der Waals surface area contributed by atoms with Crippen molar-refractivity contribution in [2.75, 3.05) is 5.32 Å². The normalized spacial score (nSPS) is 22.3. The molecular formula is C20H22FN5O2. The first-order valence-electron chi connectivity index (χ1n) is 9.34. The van der Waals surface area contributed by atoms with Gasteiger partial charge in [0.15, 0.2) is 5.65 Å². The maximum absolute atomic E-state index is 13.9. The lowest BCUT2D eigenvalue weighted by molar-refractivity contribution is 0.0878. The highest BCUT2D eigenvalue weighted by atomic mass is 19.1. The molecule has 1 aliphatic heterocycles. The zero-order valence-corrected chi connectivity index (χ0v) is 15.9. The Labute approximate surface area is 161 Å². The summed E-state index contributed by atoms with van der Waals surface area (Å²) in [5, 5.41) is 10.4. The molecule has 0 saturated heterocycles. The third-order valence-corrected chi connectivity index (χ3v) is 5.01. The molecule has 0 radical (unpaired) electrons. The predicted molar refractivity (Wildman–Crippen MR) is 103 cm³/mol. The number of ether oxygens (including phenoxy) is 1. The van der Waals surface area contributed by atoms with Crippen molar-refractivity contribution in [2.24, 2.45) is 0 Å². The molecular weight excluding hydrogens is 361 g/mol. The van der Waals surface area contributed by atoms with E-state index in [9.17, 15) is 9.18 Å². The van der Waals surface area contributed by atoms with Crippen molar-refractivity contribution in [2.45, 2.75) is 45.4 Å². The van der Waals surface area contributed by atoms with E-state index in [1.165, 1.54) is 18.3 Å². The number of carbonyl (C=O) groups is 1. The lowest BCUT2D eigenvalue weighted by Gasteiger charge is -2.27. The van der Waals surface area contributed by atoms with E-state index in [1.54, 1.807) is 22.8 Å². The fourth-order valence-corrected chi connectivity index (χ4v) is 3.45. The number of hydrogen-bond donors (Lipinski definition) is 2. The van der Waals surface area contributed by atoms with Crippen LogP contribution in [0.1, 0.15) is 49.2 Å². The molecule has 8 heteroatoms. The smallest absolute Gasteiger partial charge is 0.257 e. The highest BCUT2D eigenvalue weighted by molar-refractivity contribution is 5.99. The van der Waals surface area contributed by atoms with E-state index >= 15 is 0 Å². The second kappa shape index (κ2) is 7.10. The molecule has 2 bridgehead atoms. The Morgan fingerprint density at radius 3 is 2.86 bits per heavy atom. The maximum atomic E-state index is 13.9. The quantitative estimate of drug-likeness (QED) is 0.674. The van der Waals surface area contributed by atoms with Crippen molar-refractivity contribution in [1.82, 2.24) is 19.9 Å². The number of rotatable bonds is 1. The first-order chi connectivity index (χ1) is 13.5. The van der Waals surface area contributed by atoms with Crippen LogP contribution in [0.4, 0.5) is 10.2 Å². The van der Waals surface area contributed by atoms with Crippen LogP contribution in [0.25, 0.3) is 5.65 Å². The van der Waals surface area contributed by atoms with Crippen LogP contribution in [0.15, 0.2) is 36.7 Å². The van der Waals surface area contributed by atoms with E-state index in [0.717, 1.165) is 0 Å². The van der Waals surface area contributed by atoms with Crippen molar-refractivity contribution in [3.8, 4) is 5.75 Å². The number of anilines is 1. The van der Waals surface area contributed by atoms with Gasteiger partial charge in [-0.25, -0.2) is 13.9 Å². The Bertz CT molecular complexity index is 1030. The van der Waals surface area contributed by atoms with Gasteiger partial charge in [-0.05, 0) is 44.5 Å². The standard InChI is InChI=1S/C20H22FN5O2/c1-4-16-12(3)24-20(27)15-10-22-26-8-7-18(25-19(15)26)23-11(2)14-9-13(21)5-6-17(14)28-16/h5-12,16H,4H2,1-3H3,(H,23,25)(H,24,27)/t11-,12+,16-/m1/s1. The molecule has 0 spiro atoms. The SMILES string of the molecule is CC[C@H]1Oc2ccc(F)cc2[C@@H](C)Nc2ccn3ncc(c3n2)C(=O)N[C@H]1C. The molecule has 28 heavy (non-hydrogen) atoms. The zero-order valence-electron chi connectivity index (χ0n) is 15.9. The van der Waals surface area contributed by atoms with Crippen LogP contribution in [0.5, 0.6) is 5.75 Å². The van der Waals surface area contributed by atoms with Crippen LogP contribution in [-0.4, -0.2) is 32.7 Å². The van der Waals surface area contributed by atoms with E-state index in [0.29, 0.717) is 34.8 Å². The summed E-state index contributed by atoms with van der Waals surface area (Å²) in [6, 6.07) is 5.70. The second-order valence-corrected chi connectivity index (χ2v) is 7.01. The molecule has 2 aromatic heterocycles. The summed E-state index contributed by atoms with van der Waals surface area (Å²) in [5.41, 5.74) is 1.53. The molecule has 0 saturated carbocycles. The number of benzene rings is 1. The first kappa shape index (κ1) is 18.2. The van der Waals surface area contributed by atoms with Gasteiger partial charge in [-0.2, -0.15) is 5.10 Å². The third kappa shape index (κ3) is 3.26. The van der Waals surface area contributed by atoms with Crippen LogP contribution >= 0.6 is 0 Å². The maximum Gasteiger partial charge on any atom is 0.257 e. The van der Waals surface area contributed by atoms with Crippen LogP contribution in [0.2, 0.25) is 0 Å². The van der Waals surface area contributed by atoms with Gasteiger partial charge in [0.05, 0.1) is 18.3 Å². The Morgan fingerprint density at radius 1 is 1.25 bits per heavy atom. The molecule has 146 valence electrons. The van der Waals surface area contributed by atoms with Gasteiger partial charge in [0.25, 0.3) is 5.91 Å². The summed E-state index contributed by atoms with van der Waals surface area (Å²) in [5.74, 6) is 0.541. The monoisotopic (exact) mass is 383 g/mol. The molecule has 3 atom stereocenters. The number of nitrogens with one attached hydrogen (secondary N) is 2. The van der Waals surface area contributed by atoms with E-state index in [2.05, 4.69) is 20.7 Å². The third-order valence-electron chi connectivity index (χ3n) is 5.01. The topological polar surface area (TPSA) is 80.6 Å². The molecule has 0 unspecified atom stereocenters. The van der Waals surface area contributed by atoms with Gasteiger partial charge >= 0.3 is 0 Å². The second-order valence-electron chi connectivity index (χ2n) is 7.01. The van der Waals surface area contributed by atoms with E-state index in [-0.39, 0.29) is 29.9 Å². The molecule has 0 aliphatic carbocycles. The highest BCUT2D eigenvalue weighted by Gasteiger charge is 2.25. The van der Waals surface area contributed by atoms with Crippen molar-refractivity contribution in [1.29, 1.82) is 0 Å². The largest absolute Gasteiger partial charge is 0.488 e. The molecule has 2 N–H and O–H groups in total. The minimum absolute atomic E-state index is 0.260. The molecule has 1 aromatic carbocycles. The molecule has 4 rings (SSSR count). The molecule has 3 aromatic rings. The van der Waals surface area contributed by atoms with Crippen molar-refractivity contribution in [3.05, 3.63) is 53.6 Å². The summed E-state index contributed by atoms with van der Waals surface area (Å²) >= 11 is 0. The number of fused-ring (bicyclic) bond motifs is 2. The van der Waals surface area contributed by atoms with Crippen molar-refractivity contribution >= 4 is 17.4 Å². The van der Waals surface area contributed by atoms with Gasteiger partial charge < -0.3 is 15.4 Å². The molecule has 3 heterocycles. The predicted octanol–water partition coefficient (Wildman–Crippen LogP) is 3.33. The van der Waals surface area contributed by atoms with Gasteiger partial charge in [-0.3, -0.25) is 4.79 Å². The van der Waals surface area contributed by atoms with Crippen LogP contribution in [0, 0.1) is 5.82 Å². The van der Waals surface area contributed by atoms with Crippen LogP contribution < -0.4 is 15.4 Å². The number of aromatic nitrogens is 3. The molecule has 0 fully saturated rings. The lowest BCUT2D eigenvalue weighted by atomic mass is 10.1. The Morgan fingerprint density at radius 2 is 2.07 bits per heavy atom. The number of hydrogen-bond acceptors (Lipinski definition) is 5. The number of amides is 1. The minimum atomic E-state index is -0.337. The summed E-state index contributed by atoms with van der Waals surface area (Å²) in [6.45, 7) is 5.79. The van der Waals surface area contributed by atoms with Gasteiger partial charge in [0.1, 0.15) is 29.1 Å². The molecule has 7 nitrogen and oxygen atoms in total. The molecule has 1 aliphatic rings. The first-order valence-corrected chi connectivity index (χ1v) is 9.34. The van der Waals surface area contributed by atoms with Crippen LogP contribution in [0.3, 0.4) is 0 Å².